The SMILES string of the molecule is CCCCCCC(C)(C)c1cc(OC)c(C2C=C(CO)C(C)(C)C2)c(OC)c1. The van der Waals surface area contributed by atoms with Crippen LogP contribution in [0.25, 0.3) is 0 Å². The van der Waals surface area contributed by atoms with Crippen LogP contribution in [0.5, 0.6) is 11.5 Å². The Kier molecular flexibility index (Phi) is 7.61. The molecule has 1 unspecified atom stereocenters. The van der Waals surface area contributed by atoms with Gasteiger partial charge in [-0.2, -0.15) is 0 Å². The molecule has 0 fully saturated rings. The molecular weight excluding hydrogens is 348 g/mol. The topological polar surface area (TPSA) is 38.7 Å². The van der Waals surface area contributed by atoms with Crippen molar-refractivity contribution in [2.75, 3.05) is 20.8 Å². The first-order valence-electron chi connectivity index (χ1n) is 10.8. The van der Waals surface area contributed by atoms with E-state index in [1.54, 1.807) is 14.2 Å². The number of methoxy groups -OCH3 is 2. The van der Waals surface area contributed by atoms with Crippen LogP contribution in [0, 0.1) is 5.41 Å². The third-order valence-electron chi connectivity index (χ3n) is 6.52. The van der Waals surface area contributed by atoms with Crippen LogP contribution in [0.2, 0.25) is 0 Å². The molecule has 3 heteroatoms. The van der Waals surface area contributed by atoms with Crippen molar-refractivity contribution in [3.63, 3.8) is 0 Å². The lowest BCUT2D eigenvalue weighted by Crippen LogP contribution is -2.18. The molecule has 2 rings (SSSR count). The van der Waals surface area contributed by atoms with E-state index >= 15 is 0 Å². The molecule has 0 radical (unpaired) electrons. The Morgan fingerprint density at radius 2 is 1.68 bits per heavy atom. The minimum atomic E-state index is -0.00728. The summed E-state index contributed by atoms with van der Waals surface area (Å²) < 4.78 is 11.7. The van der Waals surface area contributed by atoms with Crippen molar-refractivity contribution >= 4 is 0 Å². The molecule has 0 aromatic heterocycles. The third kappa shape index (κ3) is 4.92. The van der Waals surface area contributed by atoms with E-state index in [1.165, 1.54) is 31.2 Å². The second-order valence-corrected chi connectivity index (χ2v) is 9.53. The van der Waals surface area contributed by atoms with Crippen LogP contribution in [-0.4, -0.2) is 25.9 Å². The lowest BCUT2D eigenvalue weighted by molar-refractivity contribution is 0.288. The van der Waals surface area contributed by atoms with Crippen molar-refractivity contribution in [1.29, 1.82) is 0 Å². The molecule has 0 saturated carbocycles. The van der Waals surface area contributed by atoms with Crippen molar-refractivity contribution in [3.05, 3.63) is 34.9 Å². The monoisotopic (exact) mass is 388 g/mol. The summed E-state index contributed by atoms with van der Waals surface area (Å²) >= 11 is 0. The zero-order valence-electron chi connectivity index (χ0n) is 19.0. The Bertz CT molecular complexity index is 660. The van der Waals surface area contributed by atoms with Gasteiger partial charge in [-0.1, -0.05) is 66.4 Å². The van der Waals surface area contributed by atoms with Gasteiger partial charge in [-0.15, -0.1) is 0 Å². The molecule has 1 aromatic rings. The second-order valence-electron chi connectivity index (χ2n) is 9.53. The number of hydrogen-bond donors (Lipinski definition) is 1. The molecule has 3 nitrogen and oxygen atoms in total. The van der Waals surface area contributed by atoms with Crippen molar-refractivity contribution in [2.24, 2.45) is 5.41 Å². The predicted octanol–water partition coefficient (Wildman–Crippen LogP) is 6.38. The molecule has 0 heterocycles. The first-order chi connectivity index (χ1) is 13.2. The largest absolute Gasteiger partial charge is 0.496 e. The molecule has 1 aromatic carbocycles. The van der Waals surface area contributed by atoms with Crippen LogP contribution in [0.15, 0.2) is 23.8 Å². The fraction of sp³-hybridized carbons (Fsp3) is 0.680. The Balaban J connectivity index is 2.38. The predicted molar refractivity (Wildman–Crippen MR) is 118 cm³/mol. The number of rotatable bonds is 10. The molecule has 1 N–H and O–H groups in total. The maximum Gasteiger partial charge on any atom is 0.126 e. The molecule has 0 bridgehead atoms. The average Bonchev–Trinajstić information content (AvgIpc) is 2.97. The first kappa shape index (κ1) is 22.8. The van der Waals surface area contributed by atoms with E-state index in [2.05, 4.69) is 52.8 Å². The molecular formula is C25H40O3. The van der Waals surface area contributed by atoms with Crippen LogP contribution < -0.4 is 9.47 Å². The maximum absolute atomic E-state index is 9.76. The highest BCUT2D eigenvalue weighted by Crippen LogP contribution is 2.51. The van der Waals surface area contributed by atoms with Gasteiger partial charge >= 0.3 is 0 Å². The Labute approximate surface area is 172 Å². The number of unbranched alkanes of at least 4 members (excludes halogenated alkanes) is 3. The van der Waals surface area contributed by atoms with Crippen molar-refractivity contribution in [2.45, 2.75) is 84.5 Å². The number of allylic oxidation sites excluding steroid dienone is 1. The standard InChI is InChI=1S/C25H40O3/c1-8-9-10-11-12-24(2,3)19-14-21(27-6)23(22(15-19)28-7)18-13-20(17-26)25(4,5)16-18/h13-15,18,26H,8-12,16-17H2,1-7H3. The summed E-state index contributed by atoms with van der Waals surface area (Å²) in [6.45, 7) is 11.4. The smallest absolute Gasteiger partial charge is 0.126 e. The summed E-state index contributed by atoms with van der Waals surface area (Å²) in [4.78, 5) is 0. The summed E-state index contributed by atoms with van der Waals surface area (Å²) in [5, 5.41) is 9.76. The molecule has 0 saturated heterocycles. The van der Waals surface area contributed by atoms with Crippen molar-refractivity contribution < 1.29 is 14.6 Å². The van der Waals surface area contributed by atoms with E-state index in [4.69, 9.17) is 9.47 Å². The number of ether oxygens (including phenoxy) is 2. The molecule has 0 aliphatic heterocycles. The highest BCUT2D eigenvalue weighted by atomic mass is 16.5. The van der Waals surface area contributed by atoms with E-state index < -0.39 is 0 Å². The van der Waals surface area contributed by atoms with E-state index in [0.29, 0.717) is 0 Å². The summed E-state index contributed by atoms with van der Waals surface area (Å²) in [5.41, 5.74) is 3.54. The summed E-state index contributed by atoms with van der Waals surface area (Å²) in [6.07, 6.45) is 9.41. The van der Waals surface area contributed by atoms with Crippen LogP contribution >= 0.6 is 0 Å². The molecule has 1 aliphatic carbocycles. The summed E-state index contributed by atoms with van der Waals surface area (Å²) in [6, 6.07) is 4.41. The summed E-state index contributed by atoms with van der Waals surface area (Å²) in [5.74, 6) is 1.99. The van der Waals surface area contributed by atoms with Gasteiger partial charge in [0, 0.05) is 11.5 Å². The first-order valence-corrected chi connectivity index (χ1v) is 10.8. The molecule has 28 heavy (non-hydrogen) atoms. The van der Waals surface area contributed by atoms with Crippen LogP contribution in [0.3, 0.4) is 0 Å². The fourth-order valence-electron chi connectivity index (χ4n) is 4.49. The number of aliphatic hydroxyl groups excluding tert-OH is 1. The average molecular weight is 389 g/mol. The van der Waals surface area contributed by atoms with Gasteiger partial charge in [-0.05, 0) is 46.9 Å². The van der Waals surface area contributed by atoms with E-state index in [-0.39, 0.29) is 23.4 Å². The fourth-order valence-corrected chi connectivity index (χ4v) is 4.49. The molecule has 0 amide bonds. The Morgan fingerprint density at radius 3 is 2.14 bits per heavy atom. The van der Waals surface area contributed by atoms with E-state index in [0.717, 1.165) is 35.5 Å². The van der Waals surface area contributed by atoms with E-state index in [1.807, 2.05) is 0 Å². The van der Waals surface area contributed by atoms with Gasteiger partial charge in [0.1, 0.15) is 11.5 Å². The van der Waals surface area contributed by atoms with Crippen molar-refractivity contribution in [3.8, 4) is 11.5 Å². The van der Waals surface area contributed by atoms with Gasteiger partial charge < -0.3 is 14.6 Å². The quantitative estimate of drug-likeness (QED) is 0.373. The summed E-state index contributed by atoms with van der Waals surface area (Å²) in [7, 11) is 3.49. The third-order valence-corrected chi connectivity index (χ3v) is 6.52. The highest BCUT2D eigenvalue weighted by Gasteiger charge is 2.36. The maximum atomic E-state index is 9.76. The minimum Gasteiger partial charge on any atom is -0.496 e. The molecule has 1 atom stereocenters. The van der Waals surface area contributed by atoms with Gasteiger partial charge in [0.25, 0.3) is 0 Å². The normalized spacial score (nSPS) is 18.9. The second kappa shape index (κ2) is 9.35. The van der Waals surface area contributed by atoms with Crippen LogP contribution in [0.1, 0.15) is 90.2 Å². The molecule has 1 aliphatic rings. The van der Waals surface area contributed by atoms with Gasteiger partial charge in [0.15, 0.2) is 0 Å². The van der Waals surface area contributed by atoms with E-state index in [9.17, 15) is 5.11 Å². The Morgan fingerprint density at radius 1 is 1.07 bits per heavy atom. The zero-order valence-corrected chi connectivity index (χ0v) is 19.0. The van der Waals surface area contributed by atoms with Gasteiger partial charge in [0.05, 0.1) is 20.8 Å². The zero-order chi connectivity index (χ0) is 20.9. The molecule has 158 valence electrons. The minimum absolute atomic E-state index is 0.00728. The van der Waals surface area contributed by atoms with Crippen LogP contribution in [-0.2, 0) is 5.41 Å². The Hall–Kier alpha value is -1.48. The number of aliphatic hydroxyl groups is 1. The number of hydrogen-bond acceptors (Lipinski definition) is 3. The lowest BCUT2D eigenvalue weighted by Gasteiger charge is -2.29. The van der Waals surface area contributed by atoms with Gasteiger partial charge in [0.2, 0.25) is 0 Å². The van der Waals surface area contributed by atoms with Crippen LogP contribution in [0.4, 0.5) is 0 Å². The van der Waals surface area contributed by atoms with Crippen molar-refractivity contribution in [1.82, 2.24) is 0 Å². The lowest BCUT2D eigenvalue weighted by atomic mass is 9.78. The number of benzene rings is 1. The molecule has 0 spiro atoms. The van der Waals surface area contributed by atoms with Gasteiger partial charge in [-0.3, -0.25) is 0 Å². The highest BCUT2D eigenvalue weighted by molar-refractivity contribution is 5.54. The van der Waals surface area contributed by atoms with Gasteiger partial charge in [-0.25, -0.2) is 0 Å².